The molecule has 1 atom stereocenters. The van der Waals surface area contributed by atoms with E-state index < -0.39 is 6.04 Å². The zero-order chi connectivity index (χ0) is 23.7. The van der Waals surface area contributed by atoms with E-state index in [1.807, 2.05) is 18.2 Å². The minimum atomic E-state index is -0.654. The molecule has 1 aliphatic heterocycles. The molecule has 5 rings (SSSR count). The monoisotopic (exact) mass is 454 g/mol. The highest BCUT2D eigenvalue weighted by molar-refractivity contribution is 5.99. The predicted molar refractivity (Wildman–Crippen MR) is 127 cm³/mol. The number of hydrogen-bond acceptors (Lipinski definition) is 6. The van der Waals surface area contributed by atoms with Crippen LogP contribution in [0.3, 0.4) is 0 Å². The lowest BCUT2D eigenvalue weighted by Crippen LogP contribution is -2.29. The highest BCUT2D eigenvalue weighted by Crippen LogP contribution is 2.41. The third-order valence-electron chi connectivity index (χ3n) is 5.84. The Bertz CT molecular complexity index is 1440. The second-order valence-electron chi connectivity index (χ2n) is 7.87. The zero-order valence-corrected chi connectivity index (χ0v) is 18.6. The summed E-state index contributed by atoms with van der Waals surface area (Å²) in [5.41, 5.74) is 2.08. The SMILES string of the molecule is C=CCOc1ccc([C@H]2c3c(oc4ccccc4c3=O)C(=O)N2Cc2ccncc2)cc1OC. The van der Waals surface area contributed by atoms with Crippen LogP contribution in [0.5, 0.6) is 11.5 Å². The predicted octanol–water partition coefficient (Wildman–Crippen LogP) is 4.51. The lowest BCUT2D eigenvalue weighted by molar-refractivity contribution is 0.0714. The van der Waals surface area contributed by atoms with Gasteiger partial charge in [-0.05, 0) is 47.5 Å². The molecule has 170 valence electrons. The Morgan fingerprint density at radius 2 is 1.88 bits per heavy atom. The van der Waals surface area contributed by atoms with Crippen LogP contribution in [-0.4, -0.2) is 29.5 Å². The minimum absolute atomic E-state index is 0.0636. The molecule has 0 aliphatic carbocycles. The Morgan fingerprint density at radius 3 is 2.65 bits per heavy atom. The standard InChI is InChI=1S/C27H22N2O5/c1-3-14-33-21-9-8-18(15-22(21)32-2)24-23-25(30)19-6-4-5-7-20(19)34-26(23)27(31)29(24)16-17-10-12-28-13-11-17/h3-13,15,24H,1,14,16H2,2H3/t24-/m0/s1. The van der Waals surface area contributed by atoms with Gasteiger partial charge in [-0.25, -0.2) is 0 Å². The molecule has 2 aromatic heterocycles. The number of methoxy groups -OCH3 is 1. The molecule has 0 saturated carbocycles. The van der Waals surface area contributed by atoms with E-state index in [-0.39, 0.29) is 23.6 Å². The van der Waals surface area contributed by atoms with E-state index in [0.29, 0.717) is 40.2 Å². The van der Waals surface area contributed by atoms with Gasteiger partial charge in [-0.1, -0.05) is 30.9 Å². The number of nitrogens with zero attached hydrogens (tertiary/aromatic N) is 2. The van der Waals surface area contributed by atoms with Crippen molar-refractivity contribution in [3.8, 4) is 11.5 Å². The lowest BCUT2D eigenvalue weighted by Gasteiger charge is -2.26. The number of carbonyl (C=O) groups excluding carboxylic acids is 1. The molecule has 1 amide bonds. The van der Waals surface area contributed by atoms with Crippen molar-refractivity contribution in [2.45, 2.75) is 12.6 Å². The molecule has 34 heavy (non-hydrogen) atoms. The molecule has 0 fully saturated rings. The zero-order valence-electron chi connectivity index (χ0n) is 18.6. The summed E-state index contributed by atoms with van der Waals surface area (Å²) in [5.74, 6) is 0.760. The topological polar surface area (TPSA) is 81.9 Å². The number of ether oxygens (including phenoxy) is 2. The van der Waals surface area contributed by atoms with Gasteiger partial charge in [-0.15, -0.1) is 0 Å². The average Bonchev–Trinajstić information content (AvgIpc) is 3.15. The maximum absolute atomic E-state index is 13.6. The maximum atomic E-state index is 13.6. The highest BCUT2D eigenvalue weighted by Gasteiger charge is 2.43. The fourth-order valence-corrected chi connectivity index (χ4v) is 4.28. The number of carbonyl (C=O) groups is 1. The second-order valence-corrected chi connectivity index (χ2v) is 7.87. The molecule has 3 heterocycles. The van der Waals surface area contributed by atoms with Crippen LogP contribution in [-0.2, 0) is 6.54 Å². The number of amides is 1. The first-order valence-electron chi connectivity index (χ1n) is 10.8. The third kappa shape index (κ3) is 3.61. The largest absolute Gasteiger partial charge is 0.493 e. The Kier molecular flexibility index (Phi) is 5.59. The van der Waals surface area contributed by atoms with Gasteiger partial charge in [0, 0.05) is 18.9 Å². The van der Waals surface area contributed by atoms with E-state index >= 15 is 0 Å². The molecular formula is C27H22N2O5. The van der Waals surface area contributed by atoms with Gasteiger partial charge in [-0.2, -0.15) is 0 Å². The third-order valence-corrected chi connectivity index (χ3v) is 5.84. The Morgan fingerprint density at radius 1 is 1.09 bits per heavy atom. The molecular weight excluding hydrogens is 432 g/mol. The van der Waals surface area contributed by atoms with Gasteiger partial charge >= 0.3 is 0 Å². The first-order valence-corrected chi connectivity index (χ1v) is 10.8. The summed E-state index contributed by atoms with van der Waals surface area (Å²) in [4.78, 5) is 32.8. The summed E-state index contributed by atoms with van der Waals surface area (Å²) in [5, 5.41) is 0.433. The summed E-state index contributed by atoms with van der Waals surface area (Å²) in [7, 11) is 1.55. The van der Waals surface area contributed by atoms with E-state index in [9.17, 15) is 9.59 Å². The van der Waals surface area contributed by atoms with Gasteiger partial charge < -0.3 is 18.8 Å². The van der Waals surface area contributed by atoms with Crippen molar-refractivity contribution in [1.29, 1.82) is 0 Å². The summed E-state index contributed by atoms with van der Waals surface area (Å²) in [6, 6.07) is 15.4. The number of fused-ring (bicyclic) bond motifs is 2. The van der Waals surface area contributed by atoms with Crippen LogP contribution in [0.25, 0.3) is 11.0 Å². The summed E-state index contributed by atoms with van der Waals surface area (Å²) < 4.78 is 17.2. The van der Waals surface area contributed by atoms with Crippen LogP contribution >= 0.6 is 0 Å². The number of para-hydroxylation sites is 1. The van der Waals surface area contributed by atoms with Crippen molar-refractivity contribution < 1.29 is 18.7 Å². The number of hydrogen-bond donors (Lipinski definition) is 0. The van der Waals surface area contributed by atoms with Crippen molar-refractivity contribution in [2.24, 2.45) is 0 Å². The van der Waals surface area contributed by atoms with Gasteiger partial charge in [-0.3, -0.25) is 14.6 Å². The minimum Gasteiger partial charge on any atom is -0.493 e. The molecule has 0 saturated heterocycles. The van der Waals surface area contributed by atoms with Gasteiger partial charge in [0.05, 0.1) is 24.1 Å². The molecule has 7 heteroatoms. The molecule has 0 unspecified atom stereocenters. The molecule has 1 aliphatic rings. The normalized spacial score (nSPS) is 14.8. The Balaban J connectivity index is 1.69. The molecule has 7 nitrogen and oxygen atoms in total. The van der Waals surface area contributed by atoms with E-state index in [0.717, 1.165) is 5.56 Å². The molecule has 0 spiro atoms. The van der Waals surface area contributed by atoms with Crippen LogP contribution in [0.1, 0.15) is 33.3 Å². The first kappa shape index (κ1) is 21.5. The van der Waals surface area contributed by atoms with Crippen molar-refractivity contribution in [3.63, 3.8) is 0 Å². The van der Waals surface area contributed by atoms with Gasteiger partial charge in [0.1, 0.15) is 12.2 Å². The Labute approximate surface area is 195 Å². The van der Waals surface area contributed by atoms with E-state index in [1.54, 1.807) is 66.9 Å². The molecule has 0 bridgehead atoms. The number of rotatable bonds is 7. The van der Waals surface area contributed by atoms with Crippen LogP contribution in [0.15, 0.2) is 88.9 Å². The van der Waals surface area contributed by atoms with Crippen LogP contribution < -0.4 is 14.9 Å². The summed E-state index contributed by atoms with van der Waals surface area (Å²) >= 11 is 0. The quantitative estimate of drug-likeness (QED) is 0.382. The van der Waals surface area contributed by atoms with Crippen molar-refractivity contribution in [3.05, 3.63) is 112 Å². The second kappa shape index (κ2) is 8.86. The highest BCUT2D eigenvalue weighted by atomic mass is 16.5. The molecule has 2 aromatic carbocycles. The summed E-state index contributed by atoms with van der Waals surface area (Å²) in [6.07, 6.45) is 4.99. The fraction of sp³-hybridized carbons (Fsp3) is 0.148. The number of pyridine rings is 1. The van der Waals surface area contributed by atoms with Crippen molar-refractivity contribution in [2.75, 3.05) is 13.7 Å². The lowest BCUT2D eigenvalue weighted by atomic mass is 9.98. The summed E-state index contributed by atoms with van der Waals surface area (Å²) in [6.45, 7) is 4.27. The number of aromatic nitrogens is 1. The molecule has 0 radical (unpaired) electrons. The van der Waals surface area contributed by atoms with E-state index in [4.69, 9.17) is 13.9 Å². The van der Waals surface area contributed by atoms with Crippen molar-refractivity contribution >= 4 is 16.9 Å². The number of benzene rings is 2. The van der Waals surface area contributed by atoms with Crippen LogP contribution in [0.2, 0.25) is 0 Å². The Hall–Kier alpha value is -4.39. The van der Waals surface area contributed by atoms with Gasteiger partial charge in [0.25, 0.3) is 5.91 Å². The van der Waals surface area contributed by atoms with E-state index in [2.05, 4.69) is 11.6 Å². The average molecular weight is 454 g/mol. The van der Waals surface area contributed by atoms with E-state index in [1.165, 1.54) is 0 Å². The van der Waals surface area contributed by atoms with Gasteiger partial charge in [0.2, 0.25) is 5.76 Å². The van der Waals surface area contributed by atoms with Gasteiger partial charge in [0.15, 0.2) is 16.9 Å². The first-order chi connectivity index (χ1) is 16.6. The maximum Gasteiger partial charge on any atom is 0.291 e. The van der Waals surface area contributed by atoms with Crippen LogP contribution in [0, 0.1) is 0 Å². The molecule has 0 N–H and O–H groups in total. The van der Waals surface area contributed by atoms with Crippen LogP contribution in [0.4, 0.5) is 0 Å². The smallest absolute Gasteiger partial charge is 0.291 e. The molecule has 4 aromatic rings. The fourth-order valence-electron chi connectivity index (χ4n) is 4.28. The van der Waals surface area contributed by atoms with Crippen molar-refractivity contribution in [1.82, 2.24) is 9.88 Å².